The number of hydrogen-bond acceptors (Lipinski definition) is 9. The first-order chi connectivity index (χ1) is 9.61. The Bertz CT molecular complexity index is 608. The van der Waals surface area contributed by atoms with E-state index in [1.165, 1.54) is 20.4 Å². The smallest absolute Gasteiger partial charge is 0.358 e. The van der Waals surface area contributed by atoms with Gasteiger partial charge in [-0.1, -0.05) is 16.5 Å². The number of ether oxygens (including phenoxy) is 1. The molecule has 0 spiro atoms. The van der Waals surface area contributed by atoms with Crippen LogP contribution in [0.5, 0.6) is 0 Å². The van der Waals surface area contributed by atoms with E-state index in [4.69, 9.17) is 4.52 Å². The predicted molar refractivity (Wildman–Crippen MR) is 69.9 cm³/mol. The lowest BCUT2D eigenvalue weighted by atomic mass is 10.3. The van der Waals surface area contributed by atoms with Gasteiger partial charge in [0.05, 0.1) is 7.11 Å². The van der Waals surface area contributed by atoms with Crippen LogP contribution in [0.1, 0.15) is 33.0 Å². The SMILES string of the molecule is COC(=O)c1nc(NCCc2ncno2)sc1C(C)=O. The van der Waals surface area contributed by atoms with Crippen molar-refractivity contribution in [1.82, 2.24) is 15.1 Å². The summed E-state index contributed by atoms with van der Waals surface area (Å²) in [5.74, 6) is -0.363. The lowest BCUT2D eigenvalue weighted by Crippen LogP contribution is -2.08. The number of aromatic nitrogens is 3. The third kappa shape index (κ3) is 3.18. The highest BCUT2D eigenvalue weighted by Gasteiger charge is 2.21. The molecule has 8 nitrogen and oxygen atoms in total. The summed E-state index contributed by atoms with van der Waals surface area (Å²) in [5, 5.41) is 6.96. The van der Waals surface area contributed by atoms with Gasteiger partial charge in [0.1, 0.15) is 4.88 Å². The summed E-state index contributed by atoms with van der Waals surface area (Å²) in [6, 6.07) is 0. The number of carbonyl (C=O) groups is 2. The van der Waals surface area contributed by atoms with Crippen molar-refractivity contribution in [3.8, 4) is 0 Å². The number of Topliss-reactive ketones (excluding diaryl/α,β-unsaturated/α-hetero) is 1. The zero-order valence-electron chi connectivity index (χ0n) is 10.9. The molecular weight excluding hydrogens is 284 g/mol. The van der Waals surface area contributed by atoms with Crippen molar-refractivity contribution >= 4 is 28.2 Å². The van der Waals surface area contributed by atoms with E-state index in [2.05, 4.69) is 25.2 Å². The molecule has 2 rings (SSSR count). The van der Waals surface area contributed by atoms with Gasteiger partial charge in [0, 0.05) is 19.9 Å². The molecule has 1 N–H and O–H groups in total. The van der Waals surface area contributed by atoms with Gasteiger partial charge in [-0.05, 0) is 0 Å². The predicted octanol–water partition coefficient (Wildman–Crippen LogP) is 1.17. The molecule has 0 amide bonds. The number of ketones is 1. The Labute approximate surface area is 118 Å². The van der Waals surface area contributed by atoms with Crippen LogP contribution in [0.15, 0.2) is 10.9 Å². The highest BCUT2D eigenvalue weighted by atomic mass is 32.1. The topological polar surface area (TPSA) is 107 Å². The second-order valence-corrected chi connectivity index (χ2v) is 4.76. The summed E-state index contributed by atoms with van der Waals surface area (Å²) in [6.07, 6.45) is 1.84. The number of hydrogen-bond donors (Lipinski definition) is 1. The molecule has 2 aromatic rings. The van der Waals surface area contributed by atoms with E-state index in [9.17, 15) is 9.59 Å². The molecule has 0 fully saturated rings. The first kappa shape index (κ1) is 14.1. The maximum atomic E-state index is 11.5. The summed E-state index contributed by atoms with van der Waals surface area (Å²) in [6.45, 7) is 1.87. The zero-order valence-corrected chi connectivity index (χ0v) is 11.7. The van der Waals surface area contributed by atoms with Crippen molar-refractivity contribution in [2.24, 2.45) is 0 Å². The van der Waals surface area contributed by atoms with E-state index in [-0.39, 0.29) is 16.4 Å². The average Bonchev–Trinajstić information content (AvgIpc) is 3.07. The quantitative estimate of drug-likeness (QED) is 0.625. The van der Waals surface area contributed by atoms with Crippen LogP contribution in [0.4, 0.5) is 5.13 Å². The Morgan fingerprint density at radius 2 is 2.30 bits per heavy atom. The molecule has 20 heavy (non-hydrogen) atoms. The average molecular weight is 296 g/mol. The Kier molecular flexibility index (Phi) is 4.41. The molecule has 0 unspecified atom stereocenters. The van der Waals surface area contributed by atoms with Crippen LogP contribution in [0.2, 0.25) is 0 Å². The van der Waals surface area contributed by atoms with E-state index in [0.717, 1.165) is 11.3 Å². The van der Waals surface area contributed by atoms with Crippen molar-refractivity contribution in [3.63, 3.8) is 0 Å². The van der Waals surface area contributed by atoms with E-state index >= 15 is 0 Å². The molecule has 0 aliphatic carbocycles. The van der Waals surface area contributed by atoms with Crippen molar-refractivity contribution in [3.05, 3.63) is 22.8 Å². The lowest BCUT2D eigenvalue weighted by molar-refractivity contribution is 0.0591. The van der Waals surface area contributed by atoms with Gasteiger partial charge in [0.25, 0.3) is 0 Å². The highest BCUT2D eigenvalue weighted by Crippen LogP contribution is 2.24. The maximum Gasteiger partial charge on any atom is 0.358 e. The number of nitrogens with zero attached hydrogens (tertiary/aromatic N) is 3. The minimum atomic E-state index is -0.628. The van der Waals surface area contributed by atoms with Gasteiger partial charge in [0.2, 0.25) is 5.89 Å². The summed E-state index contributed by atoms with van der Waals surface area (Å²) < 4.78 is 9.44. The van der Waals surface area contributed by atoms with Crippen LogP contribution >= 0.6 is 11.3 Å². The molecule has 0 saturated carbocycles. The number of anilines is 1. The monoisotopic (exact) mass is 296 g/mol. The van der Waals surface area contributed by atoms with Gasteiger partial charge in [0.15, 0.2) is 22.9 Å². The Morgan fingerprint density at radius 1 is 1.50 bits per heavy atom. The van der Waals surface area contributed by atoms with Crippen molar-refractivity contribution < 1.29 is 18.8 Å². The number of thiazole rings is 1. The lowest BCUT2D eigenvalue weighted by Gasteiger charge is -1.98. The van der Waals surface area contributed by atoms with Crippen LogP contribution in [0, 0.1) is 0 Å². The van der Waals surface area contributed by atoms with E-state index in [1.54, 1.807) is 0 Å². The second-order valence-electron chi connectivity index (χ2n) is 3.76. The summed E-state index contributed by atoms with van der Waals surface area (Å²) in [7, 11) is 1.24. The normalized spacial score (nSPS) is 10.3. The van der Waals surface area contributed by atoms with Gasteiger partial charge in [-0.3, -0.25) is 4.79 Å². The van der Waals surface area contributed by atoms with E-state index in [1.807, 2.05) is 0 Å². The number of methoxy groups -OCH3 is 1. The van der Waals surface area contributed by atoms with Crippen LogP contribution < -0.4 is 5.32 Å². The van der Waals surface area contributed by atoms with Gasteiger partial charge in [-0.25, -0.2) is 9.78 Å². The Balaban J connectivity index is 2.04. The number of esters is 1. The summed E-state index contributed by atoms with van der Waals surface area (Å²) in [5.41, 5.74) is 0.0327. The minimum absolute atomic E-state index is 0.0327. The number of nitrogens with one attached hydrogen (secondary N) is 1. The summed E-state index contributed by atoms with van der Waals surface area (Å²) >= 11 is 1.11. The van der Waals surface area contributed by atoms with Crippen LogP contribution in [0.3, 0.4) is 0 Å². The maximum absolute atomic E-state index is 11.5. The van der Waals surface area contributed by atoms with Crippen LogP contribution in [-0.4, -0.2) is 40.5 Å². The number of carbonyl (C=O) groups excluding carboxylic acids is 2. The third-order valence-electron chi connectivity index (χ3n) is 2.35. The first-order valence-corrected chi connectivity index (χ1v) is 6.53. The molecule has 2 heterocycles. The fourth-order valence-electron chi connectivity index (χ4n) is 1.45. The van der Waals surface area contributed by atoms with Crippen molar-refractivity contribution in [2.45, 2.75) is 13.3 Å². The minimum Gasteiger partial charge on any atom is -0.464 e. The van der Waals surface area contributed by atoms with Gasteiger partial charge in [-0.15, -0.1) is 0 Å². The second kappa shape index (κ2) is 6.24. The molecule has 0 radical (unpaired) electrons. The van der Waals surface area contributed by atoms with Crippen LogP contribution in [0.25, 0.3) is 0 Å². The largest absolute Gasteiger partial charge is 0.464 e. The molecule has 0 aromatic carbocycles. The standard InChI is InChI=1S/C11H12N4O4S/c1-6(16)9-8(10(17)18-2)15-11(20-9)12-4-3-7-13-5-14-19-7/h5H,3-4H2,1-2H3,(H,12,15). The summed E-state index contributed by atoms with van der Waals surface area (Å²) in [4.78, 5) is 31.2. The Hall–Kier alpha value is -2.29. The molecule has 0 aliphatic heterocycles. The van der Waals surface area contributed by atoms with Crippen LogP contribution in [-0.2, 0) is 11.2 Å². The molecule has 0 saturated heterocycles. The molecule has 9 heteroatoms. The first-order valence-electron chi connectivity index (χ1n) is 5.71. The van der Waals surface area contributed by atoms with Crippen molar-refractivity contribution in [2.75, 3.05) is 19.0 Å². The fraction of sp³-hybridized carbons (Fsp3) is 0.364. The van der Waals surface area contributed by atoms with Gasteiger partial charge in [-0.2, -0.15) is 4.98 Å². The van der Waals surface area contributed by atoms with E-state index < -0.39 is 5.97 Å². The van der Waals surface area contributed by atoms with Gasteiger partial charge >= 0.3 is 5.97 Å². The Morgan fingerprint density at radius 3 is 2.90 bits per heavy atom. The fourth-order valence-corrected chi connectivity index (χ4v) is 2.33. The van der Waals surface area contributed by atoms with E-state index in [0.29, 0.717) is 24.0 Å². The molecule has 0 bridgehead atoms. The highest BCUT2D eigenvalue weighted by molar-refractivity contribution is 7.17. The molecule has 2 aromatic heterocycles. The zero-order chi connectivity index (χ0) is 14.5. The third-order valence-corrected chi connectivity index (χ3v) is 3.46. The molecule has 0 aliphatic rings. The number of rotatable bonds is 6. The van der Waals surface area contributed by atoms with Gasteiger partial charge < -0.3 is 14.6 Å². The molecule has 106 valence electrons. The van der Waals surface area contributed by atoms with Crippen molar-refractivity contribution in [1.29, 1.82) is 0 Å². The molecular formula is C11H12N4O4S. The molecule has 0 atom stereocenters.